The van der Waals surface area contributed by atoms with Crippen molar-refractivity contribution in [2.45, 2.75) is 63.6 Å². The molecule has 0 aliphatic carbocycles. The van der Waals surface area contributed by atoms with Crippen LogP contribution in [-0.2, 0) is 4.79 Å². The van der Waals surface area contributed by atoms with E-state index in [0.717, 1.165) is 12.8 Å². The van der Waals surface area contributed by atoms with Crippen LogP contribution in [0.2, 0.25) is 0 Å². The number of piperidine rings is 1. The molecule has 2 rings (SSSR count). The molecule has 2 N–H and O–H groups in total. The molecule has 19 heavy (non-hydrogen) atoms. The van der Waals surface area contributed by atoms with Crippen molar-refractivity contribution in [1.82, 2.24) is 10.2 Å². The molecule has 4 nitrogen and oxygen atoms in total. The van der Waals surface area contributed by atoms with Crippen LogP contribution in [0.15, 0.2) is 0 Å². The highest BCUT2D eigenvalue weighted by atomic mass is 35.5. The summed E-state index contributed by atoms with van der Waals surface area (Å²) in [5.74, 6) is 0.798. The number of hydrogen-bond donors (Lipinski definition) is 2. The van der Waals surface area contributed by atoms with Crippen molar-refractivity contribution in [2.75, 3.05) is 13.6 Å². The van der Waals surface area contributed by atoms with E-state index in [1.54, 1.807) is 11.8 Å². The summed E-state index contributed by atoms with van der Waals surface area (Å²) in [7, 11) is 1.85. The molecule has 2 heterocycles. The molecule has 2 bridgehead atoms. The lowest BCUT2D eigenvalue weighted by Gasteiger charge is -2.30. The predicted octanol–water partition coefficient (Wildman–Crippen LogP) is 1.56. The van der Waals surface area contributed by atoms with Gasteiger partial charge in [0.25, 0.3) is 0 Å². The van der Waals surface area contributed by atoms with Crippen LogP contribution in [0.5, 0.6) is 0 Å². The molecule has 0 saturated carbocycles. The highest BCUT2D eigenvalue weighted by Crippen LogP contribution is 2.32. The van der Waals surface area contributed by atoms with Crippen molar-refractivity contribution in [2.24, 2.45) is 5.92 Å². The van der Waals surface area contributed by atoms with Gasteiger partial charge in [0.15, 0.2) is 0 Å². The predicted molar refractivity (Wildman–Crippen MR) is 78.5 cm³/mol. The smallest absolute Gasteiger partial charge is 0.222 e. The third kappa shape index (κ3) is 4.93. The Labute approximate surface area is 122 Å². The summed E-state index contributed by atoms with van der Waals surface area (Å²) in [5, 5.41) is 12.8. The first-order chi connectivity index (χ1) is 8.54. The van der Waals surface area contributed by atoms with E-state index in [1.165, 1.54) is 12.8 Å². The molecule has 112 valence electrons. The number of nitrogens with zero attached hydrogens (tertiary/aromatic N) is 1. The lowest BCUT2D eigenvalue weighted by Crippen LogP contribution is -2.40. The zero-order valence-corrected chi connectivity index (χ0v) is 12.8. The lowest BCUT2D eigenvalue weighted by molar-refractivity contribution is -0.131. The Balaban J connectivity index is 0.00000180. The number of aliphatic hydroxyl groups excluding tert-OH is 1. The van der Waals surface area contributed by atoms with Crippen molar-refractivity contribution in [3.05, 3.63) is 0 Å². The molecule has 3 atom stereocenters. The van der Waals surface area contributed by atoms with E-state index in [4.69, 9.17) is 0 Å². The summed E-state index contributed by atoms with van der Waals surface area (Å²) in [5.41, 5.74) is 0. The Morgan fingerprint density at radius 3 is 2.47 bits per heavy atom. The SMILES string of the molecule is CC(O)CCN(C)C(=O)CC1CC2CCC(C1)N2.Cl. The molecule has 2 fully saturated rings. The topological polar surface area (TPSA) is 52.6 Å². The van der Waals surface area contributed by atoms with Gasteiger partial charge < -0.3 is 15.3 Å². The second-order valence-electron chi connectivity index (χ2n) is 6.13. The van der Waals surface area contributed by atoms with E-state index in [9.17, 15) is 9.90 Å². The van der Waals surface area contributed by atoms with Gasteiger partial charge in [-0.2, -0.15) is 0 Å². The number of aliphatic hydroxyl groups is 1. The van der Waals surface area contributed by atoms with Crippen LogP contribution in [0.1, 0.15) is 45.4 Å². The van der Waals surface area contributed by atoms with E-state index in [0.29, 0.717) is 37.4 Å². The Bertz CT molecular complexity index is 287. The van der Waals surface area contributed by atoms with Crippen molar-refractivity contribution in [1.29, 1.82) is 0 Å². The number of carbonyl (C=O) groups is 1. The minimum Gasteiger partial charge on any atom is -0.393 e. The van der Waals surface area contributed by atoms with Crippen LogP contribution in [0.3, 0.4) is 0 Å². The standard InChI is InChI=1S/C14H26N2O2.ClH/c1-10(17)5-6-16(2)14(18)9-11-7-12-3-4-13(8-11)15-12;/h10-13,15,17H,3-9H2,1-2H3;1H. The number of rotatable bonds is 5. The highest BCUT2D eigenvalue weighted by Gasteiger charge is 2.34. The number of halogens is 1. The molecule has 0 spiro atoms. The summed E-state index contributed by atoms with van der Waals surface area (Å²) in [6.45, 7) is 2.43. The zero-order chi connectivity index (χ0) is 13.1. The van der Waals surface area contributed by atoms with Gasteiger partial charge in [0.2, 0.25) is 5.91 Å². The van der Waals surface area contributed by atoms with Crippen LogP contribution in [0.25, 0.3) is 0 Å². The quantitative estimate of drug-likeness (QED) is 0.808. The molecule has 3 unspecified atom stereocenters. The van der Waals surface area contributed by atoms with Gasteiger partial charge in [0, 0.05) is 32.1 Å². The molecule has 2 aliphatic heterocycles. The molecule has 0 aromatic rings. The van der Waals surface area contributed by atoms with Crippen molar-refractivity contribution < 1.29 is 9.90 Å². The molecular weight excluding hydrogens is 264 g/mol. The number of fused-ring (bicyclic) bond motifs is 2. The number of nitrogens with one attached hydrogen (secondary N) is 1. The van der Waals surface area contributed by atoms with Crippen molar-refractivity contribution in [3.8, 4) is 0 Å². The molecule has 2 aliphatic rings. The van der Waals surface area contributed by atoms with Gasteiger partial charge in [0.1, 0.15) is 0 Å². The summed E-state index contributed by atoms with van der Waals surface area (Å²) in [4.78, 5) is 13.9. The maximum atomic E-state index is 12.1. The fraction of sp³-hybridized carbons (Fsp3) is 0.929. The Kier molecular flexibility index (Phi) is 6.57. The normalized spacial score (nSPS) is 30.6. The molecule has 0 aromatic heterocycles. The van der Waals surface area contributed by atoms with E-state index in [2.05, 4.69) is 5.32 Å². The first-order valence-electron chi connectivity index (χ1n) is 7.22. The first kappa shape index (κ1) is 16.7. The number of hydrogen-bond acceptors (Lipinski definition) is 3. The van der Waals surface area contributed by atoms with Gasteiger partial charge in [0.05, 0.1) is 6.10 Å². The van der Waals surface area contributed by atoms with E-state index in [1.807, 2.05) is 7.05 Å². The number of carbonyl (C=O) groups excluding carboxylic acids is 1. The van der Waals surface area contributed by atoms with Crippen LogP contribution in [0, 0.1) is 5.92 Å². The Morgan fingerprint density at radius 1 is 1.37 bits per heavy atom. The minimum atomic E-state index is -0.324. The van der Waals surface area contributed by atoms with Crippen LogP contribution in [0.4, 0.5) is 0 Å². The Morgan fingerprint density at radius 2 is 1.95 bits per heavy atom. The van der Waals surface area contributed by atoms with E-state index < -0.39 is 0 Å². The summed E-state index contributed by atoms with van der Waals surface area (Å²) in [6.07, 6.45) is 5.92. The maximum absolute atomic E-state index is 12.1. The van der Waals surface area contributed by atoms with Crippen LogP contribution < -0.4 is 5.32 Å². The summed E-state index contributed by atoms with van der Waals surface area (Å²) in [6, 6.07) is 1.31. The van der Waals surface area contributed by atoms with Gasteiger partial charge >= 0.3 is 0 Å². The third-order valence-corrected chi connectivity index (χ3v) is 4.34. The molecule has 1 amide bonds. The zero-order valence-electron chi connectivity index (χ0n) is 12.0. The van der Waals surface area contributed by atoms with Gasteiger partial charge in [-0.1, -0.05) is 0 Å². The highest BCUT2D eigenvalue weighted by molar-refractivity contribution is 5.85. The van der Waals surface area contributed by atoms with Gasteiger partial charge in [-0.25, -0.2) is 0 Å². The van der Waals surface area contributed by atoms with Crippen molar-refractivity contribution >= 4 is 18.3 Å². The average Bonchev–Trinajstić information content (AvgIpc) is 2.65. The average molecular weight is 291 g/mol. The molecule has 0 radical (unpaired) electrons. The largest absolute Gasteiger partial charge is 0.393 e. The van der Waals surface area contributed by atoms with Crippen LogP contribution >= 0.6 is 12.4 Å². The Hall–Kier alpha value is -0.320. The van der Waals surface area contributed by atoms with E-state index >= 15 is 0 Å². The van der Waals surface area contributed by atoms with Gasteiger partial charge in [-0.3, -0.25) is 4.79 Å². The monoisotopic (exact) mass is 290 g/mol. The molecule has 5 heteroatoms. The lowest BCUT2D eigenvalue weighted by atomic mass is 9.89. The second-order valence-corrected chi connectivity index (χ2v) is 6.13. The second kappa shape index (κ2) is 7.46. The van der Waals surface area contributed by atoms with Crippen molar-refractivity contribution in [3.63, 3.8) is 0 Å². The molecular formula is C14H27ClN2O2. The van der Waals surface area contributed by atoms with E-state index in [-0.39, 0.29) is 24.4 Å². The number of amides is 1. The van der Waals surface area contributed by atoms with Crippen LogP contribution in [-0.4, -0.2) is 47.7 Å². The fourth-order valence-corrected chi connectivity index (χ4v) is 3.25. The molecule has 2 saturated heterocycles. The minimum absolute atomic E-state index is 0. The van der Waals surface area contributed by atoms with Gasteiger partial charge in [-0.05, 0) is 44.9 Å². The fourth-order valence-electron chi connectivity index (χ4n) is 3.25. The first-order valence-corrected chi connectivity index (χ1v) is 7.22. The summed E-state index contributed by atoms with van der Waals surface area (Å²) >= 11 is 0. The molecule has 0 aromatic carbocycles. The van der Waals surface area contributed by atoms with Gasteiger partial charge in [-0.15, -0.1) is 12.4 Å². The third-order valence-electron chi connectivity index (χ3n) is 4.34. The summed E-state index contributed by atoms with van der Waals surface area (Å²) < 4.78 is 0. The maximum Gasteiger partial charge on any atom is 0.222 e.